The van der Waals surface area contributed by atoms with E-state index in [4.69, 9.17) is 0 Å². The van der Waals surface area contributed by atoms with Crippen molar-refractivity contribution in [3.8, 4) is 78.5 Å². The molecule has 0 unspecified atom stereocenters. The number of nitrogens with zero attached hydrogens (tertiary/aromatic N) is 4. The number of hydrogen-bond acceptors (Lipinski definition) is 3. The Morgan fingerprint density at radius 2 is 0.787 bits per heavy atom. The standard InChI is InChI=1S/C81H52BF3N4/c1-52-42-64(45-65(43-52)81(83,84)85)69-44-53(51-86)26-38-74(69)89-73-25-15-14-24-68(73)70-46-60(31-39-75(70)89)63-49-78-80-79(50-63)88(67-36-29-59(30-37-67)55-18-8-3-9-19-55)77-41-33-62(57-22-12-5-13-23-57)48-72(77)82(80)71-47-61(56-20-10-4-11-21-56)32-40-76(71)87(78)66-34-27-58(28-35-66)54-16-6-2-7-17-54/h2-50H,1H3. The second-order valence-corrected chi connectivity index (χ2v) is 23.2. The highest BCUT2D eigenvalue weighted by molar-refractivity contribution is 7.00. The smallest absolute Gasteiger partial charge is 0.311 e. The average Bonchev–Trinajstić information content (AvgIpc) is 1.07. The first kappa shape index (κ1) is 53.1. The summed E-state index contributed by atoms with van der Waals surface area (Å²) in [6.07, 6.45) is -4.56. The second-order valence-electron chi connectivity index (χ2n) is 23.2. The Labute approximate surface area is 514 Å². The highest BCUT2D eigenvalue weighted by Crippen LogP contribution is 2.49. The molecule has 0 aliphatic carbocycles. The van der Waals surface area contributed by atoms with Crippen molar-refractivity contribution in [3.63, 3.8) is 0 Å². The third-order valence-electron chi connectivity index (χ3n) is 17.8. The zero-order chi connectivity index (χ0) is 59.9. The number of anilines is 6. The SMILES string of the molecule is Cc1cc(-c2cc(C#N)ccc2-n2c3ccccc3c3cc(-c4cc5c6c(c4)N(c4ccc(-c7ccccc7)cc4)c4ccc(-c7ccccc7)cc4B6c4cc(-c6ccccc6)ccc4N5c4ccc(-c5ccccc5)cc4)ccc32)cc(C(F)(F)F)c1. The van der Waals surface area contributed by atoms with Crippen molar-refractivity contribution in [1.82, 2.24) is 4.57 Å². The minimum Gasteiger partial charge on any atom is -0.311 e. The molecule has 0 radical (unpaired) electrons. The molecule has 89 heavy (non-hydrogen) atoms. The fourth-order valence-corrected chi connectivity index (χ4v) is 13.8. The lowest BCUT2D eigenvalue weighted by molar-refractivity contribution is -0.137. The number of rotatable bonds is 9. The summed E-state index contributed by atoms with van der Waals surface area (Å²) < 4.78 is 45.7. The normalized spacial score (nSPS) is 12.4. The monoisotopic (exact) mass is 1150 g/mol. The van der Waals surface area contributed by atoms with Gasteiger partial charge in [-0.1, -0.05) is 200 Å². The van der Waals surface area contributed by atoms with E-state index in [0.717, 1.165) is 118 Å². The molecule has 420 valence electrons. The molecule has 2 aliphatic rings. The zero-order valence-electron chi connectivity index (χ0n) is 48.3. The van der Waals surface area contributed by atoms with Crippen molar-refractivity contribution in [2.45, 2.75) is 13.1 Å². The van der Waals surface area contributed by atoms with E-state index in [1.54, 1.807) is 25.1 Å². The lowest BCUT2D eigenvalue weighted by Gasteiger charge is -2.44. The molecule has 0 amide bonds. The Bertz CT molecular complexity index is 4930. The molecule has 0 N–H and O–H groups in total. The van der Waals surface area contributed by atoms with E-state index in [1.807, 2.05) is 30.3 Å². The highest BCUT2D eigenvalue weighted by Gasteiger charge is 2.44. The molecule has 1 aromatic heterocycles. The van der Waals surface area contributed by atoms with Crippen molar-refractivity contribution >= 4 is 79.0 Å². The topological polar surface area (TPSA) is 35.2 Å². The molecule has 2 aliphatic heterocycles. The summed E-state index contributed by atoms with van der Waals surface area (Å²) in [6, 6.07) is 105. The van der Waals surface area contributed by atoms with Crippen LogP contribution in [0.1, 0.15) is 16.7 Å². The van der Waals surface area contributed by atoms with Crippen LogP contribution in [0.2, 0.25) is 0 Å². The Balaban J connectivity index is 0.962. The van der Waals surface area contributed by atoms with Gasteiger partial charge in [0.15, 0.2) is 0 Å². The molecule has 4 nitrogen and oxygen atoms in total. The van der Waals surface area contributed by atoms with Gasteiger partial charge in [0.1, 0.15) is 0 Å². The number of aromatic nitrogens is 1. The molecule has 13 aromatic carbocycles. The number of hydrogen-bond donors (Lipinski definition) is 0. The van der Waals surface area contributed by atoms with Gasteiger partial charge >= 0.3 is 6.18 Å². The number of alkyl halides is 3. The Hall–Kier alpha value is -11.4. The first-order chi connectivity index (χ1) is 43.6. The van der Waals surface area contributed by atoms with E-state index in [-0.39, 0.29) is 6.71 Å². The maximum Gasteiger partial charge on any atom is 0.416 e. The third kappa shape index (κ3) is 9.17. The van der Waals surface area contributed by atoms with Crippen LogP contribution in [0.25, 0.3) is 94.3 Å². The van der Waals surface area contributed by atoms with Crippen molar-refractivity contribution in [2.75, 3.05) is 9.80 Å². The Kier molecular flexibility index (Phi) is 12.7. The van der Waals surface area contributed by atoms with Crippen molar-refractivity contribution in [3.05, 3.63) is 314 Å². The summed E-state index contributed by atoms with van der Waals surface area (Å²) in [5.41, 5.74) is 24.3. The molecule has 0 fully saturated rings. The second kappa shape index (κ2) is 21.2. The van der Waals surface area contributed by atoms with Gasteiger partial charge in [0.05, 0.1) is 33.9 Å². The molecule has 0 atom stereocenters. The van der Waals surface area contributed by atoms with Gasteiger partial charge in [-0.2, -0.15) is 18.4 Å². The average molecular weight is 1150 g/mol. The summed E-state index contributed by atoms with van der Waals surface area (Å²) in [7, 11) is 0. The van der Waals surface area contributed by atoms with Gasteiger partial charge in [0.2, 0.25) is 0 Å². The van der Waals surface area contributed by atoms with Crippen LogP contribution < -0.4 is 26.2 Å². The first-order valence-corrected chi connectivity index (χ1v) is 29.9. The molecule has 0 spiro atoms. The van der Waals surface area contributed by atoms with E-state index >= 15 is 0 Å². The van der Waals surface area contributed by atoms with Crippen LogP contribution in [-0.2, 0) is 6.18 Å². The van der Waals surface area contributed by atoms with E-state index in [0.29, 0.717) is 27.9 Å². The van der Waals surface area contributed by atoms with Crippen LogP contribution in [-0.4, -0.2) is 11.3 Å². The van der Waals surface area contributed by atoms with Crippen LogP contribution in [0.3, 0.4) is 0 Å². The number of nitriles is 1. The van der Waals surface area contributed by atoms with Crippen LogP contribution in [0, 0.1) is 18.3 Å². The molecule has 0 saturated heterocycles. The summed E-state index contributed by atoms with van der Waals surface area (Å²) in [6.45, 7) is 1.47. The quantitative estimate of drug-likeness (QED) is 0.135. The highest BCUT2D eigenvalue weighted by atomic mass is 19.4. The van der Waals surface area contributed by atoms with E-state index in [2.05, 4.69) is 257 Å². The molecule has 16 rings (SSSR count). The maximum absolute atomic E-state index is 14.5. The van der Waals surface area contributed by atoms with E-state index < -0.39 is 11.7 Å². The van der Waals surface area contributed by atoms with Crippen LogP contribution in [0.4, 0.5) is 47.3 Å². The first-order valence-electron chi connectivity index (χ1n) is 29.9. The van der Waals surface area contributed by atoms with Gasteiger partial charge in [-0.15, -0.1) is 0 Å². The van der Waals surface area contributed by atoms with Crippen molar-refractivity contribution in [2.24, 2.45) is 0 Å². The van der Waals surface area contributed by atoms with Gasteiger partial charge < -0.3 is 14.4 Å². The Morgan fingerprint density at radius 3 is 1.30 bits per heavy atom. The summed E-state index contributed by atoms with van der Waals surface area (Å²) in [5.74, 6) is 0. The lowest BCUT2D eigenvalue weighted by atomic mass is 9.33. The zero-order valence-corrected chi connectivity index (χ0v) is 48.3. The van der Waals surface area contributed by atoms with Gasteiger partial charge in [-0.25, -0.2) is 0 Å². The minimum atomic E-state index is -4.56. The molecule has 0 saturated carbocycles. The third-order valence-corrected chi connectivity index (χ3v) is 17.8. The van der Waals surface area contributed by atoms with Crippen molar-refractivity contribution in [1.29, 1.82) is 5.26 Å². The summed E-state index contributed by atoms with van der Waals surface area (Å²) >= 11 is 0. The fourth-order valence-electron chi connectivity index (χ4n) is 13.8. The number of benzene rings is 13. The number of aryl methyl sites for hydroxylation is 1. The van der Waals surface area contributed by atoms with Crippen LogP contribution in [0.5, 0.6) is 0 Å². The largest absolute Gasteiger partial charge is 0.416 e. The van der Waals surface area contributed by atoms with E-state index in [1.165, 1.54) is 22.5 Å². The van der Waals surface area contributed by atoms with Gasteiger partial charge in [-0.3, -0.25) is 0 Å². The molecule has 8 heteroatoms. The fraction of sp³-hybridized carbons (Fsp3) is 0.0247. The molecule has 3 heterocycles. The number of para-hydroxylation sites is 1. The van der Waals surface area contributed by atoms with Gasteiger partial charge in [-0.05, 0) is 187 Å². The summed E-state index contributed by atoms with van der Waals surface area (Å²) in [5, 5.41) is 12.2. The van der Waals surface area contributed by atoms with Crippen LogP contribution >= 0.6 is 0 Å². The lowest BCUT2D eigenvalue weighted by Crippen LogP contribution is -2.61. The van der Waals surface area contributed by atoms with E-state index in [9.17, 15) is 18.4 Å². The van der Waals surface area contributed by atoms with Gasteiger partial charge in [0.25, 0.3) is 6.71 Å². The Morgan fingerprint density at radius 1 is 0.348 bits per heavy atom. The minimum absolute atomic E-state index is 0.200. The summed E-state index contributed by atoms with van der Waals surface area (Å²) in [4.78, 5) is 4.93. The predicted octanol–water partition coefficient (Wildman–Crippen LogP) is 20.1. The van der Waals surface area contributed by atoms with Crippen LogP contribution in [0.15, 0.2) is 297 Å². The molecule has 0 bridgehead atoms. The maximum atomic E-state index is 14.5. The number of fused-ring (bicyclic) bond motifs is 7. The molecular weight excluding hydrogens is 1100 g/mol. The van der Waals surface area contributed by atoms with Gasteiger partial charge in [0, 0.05) is 50.5 Å². The molecular formula is C81H52BF3N4. The molecule has 14 aromatic rings. The predicted molar refractivity (Wildman–Crippen MR) is 362 cm³/mol. The number of halogens is 3. The van der Waals surface area contributed by atoms with Crippen molar-refractivity contribution < 1.29 is 13.2 Å².